The Labute approximate surface area is 357 Å². The molecule has 2 aliphatic rings. The zero-order chi connectivity index (χ0) is 43.7. The number of amides is 6. The first-order valence-electron chi connectivity index (χ1n) is 21.7. The summed E-state index contributed by atoms with van der Waals surface area (Å²) in [6.45, 7) is 9.42. The van der Waals surface area contributed by atoms with Gasteiger partial charge in [-0.25, -0.2) is 0 Å². The van der Waals surface area contributed by atoms with Crippen LogP contribution in [0, 0.1) is 0 Å². The minimum absolute atomic E-state index is 0.00397. The number of aromatic nitrogens is 1. The van der Waals surface area contributed by atoms with Crippen LogP contribution in [0.1, 0.15) is 159 Å². The van der Waals surface area contributed by atoms with Gasteiger partial charge in [0.05, 0.1) is 17.2 Å². The molecule has 0 radical (unpaired) electrons. The molecule has 4 aromatic rings. The molecule has 6 amide bonds. The molecule has 1 fully saturated rings. The van der Waals surface area contributed by atoms with E-state index in [4.69, 9.17) is 0 Å². The first kappa shape index (κ1) is 44.4. The molecular formula is C48H58N6O7. The Bertz CT molecular complexity index is 2300. The number of rotatable bonds is 19. The van der Waals surface area contributed by atoms with E-state index in [9.17, 15) is 33.9 Å². The molecule has 61 heavy (non-hydrogen) atoms. The number of unbranched alkanes of at least 4 members (excludes halogenated alkanes) is 7. The molecule has 2 aliphatic heterocycles. The molecule has 2 atom stereocenters. The Balaban J connectivity index is 0.932. The van der Waals surface area contributed by atoms with E-state index in [1.54, 1.807) is 42.6 Å². The predicted octanol–water partition coefficient (Wildman–Crippen LogP) is 7.61. The number of carbonyl (C=O) groups excluding carboxylic acids is 6. The largest absolute Gasteiger partial charge is 0.505 e. The number of anilines is 1. The monoisotopic (exact) mass is 830 g/mol. The Morgan fingerprint density at radius 1 is 0.885 bits per heavy atom. The van der Waals surface area contributed by atoms with E-state index in [0.717, 1.165) is 67.2 Å². The lowest BCUT2D eigenvalue weighted by atomic mass is 9.81. The number of aromatic hydroxyl groups is 1. The number of pyridine rings is 1. The molecule has 1 saturated heterocycles. The third kappa shape index (κ3) is 10.4. The van der Waals surface area contributed by atoms with E-state index in [1.807, 2.05) is 31.2 Å². The van der Waals surface area contributed by atoms with Gasteiger partial charge in [0.15, 0.2) is 0 Å². The third-order valence-electron chi connectivity index (χ3n) is 11.5. The van der Waals surface area contributed by atoms with E-state index in [2.05, 4.69) is 47.0 Å². The highest BCUT2D eigenvalue weighted by molar-refractivity contribution is 6.25. The third-order valence-corrected chi connectivity index (χ3v) is 11.5. The molecular weight excluding hydrogens is 773 g/mol. The van der Waals surface area contributed by atoms with Gasteiger partial charge in [0.1, 0.15) is 17.3 Å². The second kappa shape index (κ2) is 20.0. The fourth-order valence-electron chi connectivity index (χ4n) is 8.25. The lowest BCUT2D eigenvalue weighted by Crippen LogP contribution is -2.54. The molecule has 0 aliphatic carbocycles. The molecule has 0 bridgehead atoms. The molecule has 5 N–H and O–H groups in total. The lowest BCUT2D eigenvalue weighted by molar-refractivity contribution is -0.136. The van der Waals surface area contributed by atoms with Crippen LogP contribution in [0.3, 0.4) is 0 Å². The van der Waals surface area contributed by atoms with Gasteiger partial charge in [0.25, 0.3) is 17.7 Å². The molecule has 322 valence electrons. The highest BCUT2D eigenvalue weighted by atomic mass is 16.3. The number of nitrogens with zero attached hydrogens (tertiary/aromatic N) is 2. The predicted molar refractivity (Wildman–Crippen MR) is 234 cm³/mol. The van der Waals surface area contributed by atoms with E-state index in [0.29, 0.717) is 53.8 Å². The summed E-state index contributed by atoms with van der Waals surface area (Å²) < 4.78 is 0. The fourth-order valence-corrected chi connectivity index (χ4v) is 8.25. The van der Waals surface area contributed by atoms with Crippen molar-refractivity contribution < 1.29 is 33.9 Å². The number of carbonyl (C=O) groups is 6. The number of phenolic OH excluding ortho intramolecular Hbond substituents is 1. The quantitative estimate of drug-likeness (QED) is 0.0469. The minimum atomic E-state index is -0.994. The number of fused-ring (bicyclic) bond motifs is 2. The van der Waals surface area contributed by atoms with Gasteiger partial charge in [0.2, 0.25) is 17.7 Å². The first-order valence-corrected chi connectivity index (χ1v) is 21.7. The number of piperidine rings is 1. The Morgan fingerprint density at radius 2 is 1.59 bits per heavy atom. The van der Waals surface area contributed by atoms with Crippen LogP contribution in [0.2, 0.25) is 0 Å². The average Bonchev–Trinajstić information content (AvgIpc) is 3.49. The van der Waals surface area contributed by atoms with Crippen LogP contribution in [0.5, 0.6) is 5.75 Å². The summed E-state index contributed by atoms with van der Waals surface area (Å²) in [7, 11) is 0. The highest BCUT2D eigenvalue weighted by Crippen LogP contribution is 2.41. The van der Waals surface area contributed by atoms with Crippen molar-refractivity contribution in [3.8, 4) is 5.75 Å². The first-order chi connectivity index (χ1) is 29.3. The van der Waals surface area contributed by atoms with Gasteiger partial charge in [0, 0.05) is 54.3 Å². The second-order valence-electron chi connectivity index (χ2n) is 17.1. The number of hydrogen-bond acceptors (Lipinski definition) is 9. The van der Waals surface area contributed by atoms with E-state index < -0.39 is 35.7 Å². The maximum atomic E-state index is 13.3. The summed E-state index contributed by atoms with van der Waals surface area (Å²) in [5.41, 5.74) is 3.99. The molecule has 3 heterocycles. The molecule has 0 saturated carbocycles. The summed E-state index contributed by atoms with van der Waals surface area (Å²) in [4.78, 5) is 82.3. The van der Waals surface area contributed by atoms with Gasteiger partial charge in [-0.1, -0.05) is 90.5 Å². The van der Waals surface area contributed by atoms with Crippen LogP contribution in [0.4, 0.5) is 5.69 Å². The van der Waals surface area contributed by atoms with Crippen molar-refractivity contribution in [2.24, 2.45) is 0 Å². The Hall–Kier alpha value is -6.11. The Kier molecular flexibility index (Phi) is 14.5. The van der Waals surface area contributed by atoms with Gasteiger partial charge in [-0.2, -0.15) is 0 Å². The van der Waals surface area contributed by atoms with Gasteiger partial charge < -0.3 is 21.1 Å². The summed E-state index contributed by atoms with van der Waals surface area (Å²) in [6.07, 6.45) is 10.9. The SMILES string of the molecule is CCCC(=O)NC(c1cccc(C(=O)NCCCCCCCCCCNc2cccc3c2C(=O)N(C2CCC(=O)NC2=O)C3=O)c1)c1cc(C(C)(C)C)c2cccnc2c1O. The van der Waals surface area contributed by atoms with Crippen LogP contribution < -0.4 is 21.3 Å². The topological polar surface area (TPSA) is 187 Å². The van der Waals surface area contributed by atoms with Crippen molar-refractivity contribution >= 4 is 52.0 Å². The van der Waals surface area contributed by atoms with Crippen LogP contribution >= 0.6 is 0 Å². The molecule has 13 heteroatoms. The van der Waals surface area contributed by atoms with Gasteiger partial charge in [-0.05, 0) is 78.6 Å². The molecule has 6 rings (SSSR count). The van der Waals surface area contributed by atoms with Gasteiger partial charge in [-0.15, -0.1) is 0 Å². The molecule has 1 aromatic heterocycles. The van der Waals surface area contributed by atoms with Crippen LogP contribution in [-0.4, -0.2) is 69.6 Å². The van der Waals surface area contributed by atoms with Crippen molar-refractivity contribution in [3.63, 3.8) is 0 Å². The van der Waals surface area contributed by atoms with Crippen molar-refractivity contribution in [2.75, 3.05) is 18.4 Å². The fraction of sp³-hybridized carbons (Fsp3) is 0.438. The number of phenols is 1. The van der Waals surface area contributed by atoms with Crippen LogP contribution in [0.15, 0.2) is 66.9 Å². The van der Waals surface area contributed by atoms with Crippen molar-refractivity contribution in [2.45, 2.75) is 122 Å². The van der Waals surface area contributed by atoms with E-state index in [1.165, 1.54) is 0 Å². The minimum Gasteiger partial charge on any atom is -0.505 e. The standard InChI is InChI=1S/C48H58N6O7/c1-5-17-38(55)52-41(34-29-35(48(2,3)4)32-21-16-27-50-42(32)43(34)57)30-18-14-19-31(28-30)44(58)51-26-13-11-9-7-6-8-10-12-25-49-36-22-15-20-33-40(36)47(61)54(46(33)60)37-23-24-39(56)53-45(37)59/h14-16,18-22,27-29,37,41,49,57H,5-13,17,23-26H2,1-4H3,(H,51,58)(H,52,55)(H,53,56,59). The van der Waals surface area contributed by atoms with Crippen molar-refractivity contribution in [3.05, 3.63) is 100 Å². The zero-order valence-electron chi connectivity index (χ0n) is 35.7. The summed E-state index contributed by atoms with van der Waals surface area (Å²) in [5.74, 6) is -2.41. The number of imide groups is 2. The van der Waals surface area contributed by atoms with Crippen molar-refractivity contribution in [1.29, 1.82) is 0 Å². The molecule has 2 unspecified atom stereocenters. The number of benzene rings is 3. The maximum absolute atomic E-state index is 13.3. The lowest BCUT2D eigenvalue weighted by Gasteiger charge is -2.27. The highest BCUT2D eigenvalue weighted by Gasteiger charge is 2.45. The summed E-state index contributed by atoms with van der Waals surface area (Å²) >= 11 is 0. The number of hydrogen-bond donors (Lipinski definition) is 5. The second-order valence-corrected chi connectivity index (χ2v) is 17.1. The van der Waals surface area contributed by atoms with Gasteiger partial charge in [-0.3, -0.25) is 44.0 Å². The average molecular weight is 831 g/mol. The number of nitrogens with one attached hydrogen (secondary N) is 4. The molecule has 13 nitrogen and oxygen atoms in total. The molecule has 0 spiro atoms. The van der Waals surface area contributed by atoms with Gasteiger partial charge >= 0.3 is 0 Å². The van der Waals surface area contributed by atoms with Crippen LogP contribution in [0.25, 0.3) is 10.9 Å². The Morgan fingerprint density at radius 3 is 2.30 bits per heavy atom. The molecule has 3 aromatic carbocycles. The van der Waals surface area contributed by atoms with Crippen molar-refractivity contribution in [1.82, 2.24) is 25.8 Å². The maximum Gasteiger partial charge on any atom is 0.264 e. The van der Waals surface area contributed by atoms with Crippen LogP contribution in [-0.2, 0) is 19.8 Å². The smallest absolute Gasteiger partial charge is 0.264 e. The zero-order valence-corrected chi connectivity index (χ0v) is 35.7. The normalized spacial score (nSPS) is 15.7. The summed E-state index contributed by atoms with van der Waals surface area (Å²) in [6, 6.07) is 16.3. The van der Waals surface area contributed by atoms with E-state index >= 15 is 0 Å². The van der Waals surface area contributed by atoms with E-state index in [-0.39, 0.29) is 46.9 Å². The summed E-state index contributed by atoms with van der Waals surface area (Å²) in [5, 5.41) is 24.1.